The Hall–Kier alpha value is -0.610. The maximum Gasteiger partial charge on any atom is 0.234 e. The summed E-state index contributed by atoms with van der Waals surface area (Å²) >= 11 is 0. The third-order valence-electron chi connectivity index (χ3n) is 3.96. The monoisotopic (exact) mass is 255 g/mol. The molecule has 0 heterocycles. The average molecular weight is 255 g/mol. The first-order valence-corrected chi connectivity index (χ1v) is 7.33. The number of rotatable bonds is 8. The Labute approximate surface area is 111 Å². The van der Waals surface area contributed by atoms with Gasteiger partial charge in [-0.15, -0.1) is 0 Å². The fraction of sp³-hybridized carbons (Fsp3) is 0.929. The first-order chi connectivity index (χ1) is 8.63. The van der Waals surface area contributed by atoms with E-state index in [0.717, 1.165) is 25.6 Å². The summed E-state index contributed by atoms with van der Waals surface area (Å²) in [4.78, 5) is 14.0. The highest BCUT2D eigenvalue weighted by Gasteiger charge is 2.18. The van der Waals surface area contributed by atoms with Gasteiger partial charge in [0.2, 0.25) is 5.91 Å². The van der Waals surface area contributed by atoms with Crippen molar-refractivity contribution in [3.05, 3.63) is 0 Å². The molecule has 0 aromatic heterocycles. The van der Waals surface area contributed by atoms with Crippen LogP contribution < -0.4 is 10.6 Å². The van der Waals surface area contributed by atoms with Crippen molar-refractivity contribution in [1.82, 2.24) is 15.5 Å². The highest BCUT2D eigenvalue weighted by molar-refractivity contribution is 5.77. The van der Waals surface area contributed by atoms with Gasteiger partial charge in [0.15, 0.2) is 0 Å². The van der Waals surface area contributed by atoms with E-state index < -0.39 is 0 Å². The molecular weight excluding hydrogens is 226 g/mol. The van der Waals surface area contributed by atoms with Gasteiger partial charge >= 0.3 is 0 Å². The Morgan fingerprint density at radius 2 is 2.06 bits per heavy atom. The van der Waals surface area contributed by atoms with Crippen molar-refractivity contribution in [2.45, 2.75) is 58.0 Å². The van der Waals surface area contributed by atoms with Gasteiger partial charge in [-0.05, 0) is 33.2 Å². The summed E-state index contributed by atoms with van der Waals surface area (Å²) < 4.78 is 0. The van der Waals surface area contributed by atoms with E-state index in [0.29, 0.717) is 12.6 Å². The molecule has 0 saturated heterocycles. The molecule has 4 heteroatoms. The van der Waals surface area contributed by atoms with Crippen molar-refractivity contribution < 1.29 is 4.79 Å². The number of likely N-dealkylation sites (N-methyl/N-ethyl adjacent to an activating group) is 1. The Kier molecular flexibility index (Phi) is 7.28. The van der Waals surface area contributed by atoms with Gasteiger partial charge in [-0.3, -0.25) is 4.79 Å². The molecule has 1 amide bonds. The summed E-state index contributed by atoms with van der Waals surface area (Å²) in [7, 11) is 2.17. The van der Waals surface area contributed by atoms with E-state index >= 15 is 0 Å². The Balaban J connectivity index is 2.04. The van der Waals surface area contributed by atoms with Crippen LogP contribution in [0.1, 0.15) is 46.0 Å². The minimum absolute atomic E-state index is 0.107. The highest BCUT2D eigenvalue weighted by atomic mass is 16.1. The lowest BCUT2D eigenvalue weighted by Crippen LogP contribution is -2.41. The van der Waals surface area contributed by atoms with Gasteiger partial charge in [0.25, 0.3) is 0 Å². The molecule has 0 aromatic rings. The van der Waals surface area contributed by atoms with E-state index in [4.69, 9.17) is 0 Å². The smallest absolute Gasteiger partial charge is 0.234 e. The second-order valence-electron chi connectivity index (χ2n) is 5.46. The maximum atomic E-state index is 11.6. The Morgan fingerprint density at radius 1 is 1.39 bits per heavy atom. The van der Waals surface area contributed by atoms with Crippen LogP contribution in [0.2, 0.25) is 0 Å². The third-order valence-corrected chi connectivity index (χ3v) is 3.96. The predicted octanol–water partition coefficient (Wildman–Crippen LogP) is 1.37. The van der Waals surface area contributed by atoms with Crippen molar-refractivity contribution in [2.75, 3.05) is 26.7 Å². The molecule has 0 aliphatic heterocycles. The van der Waals surface area contributed by atoms with E-state index in [-0.39, 0.29) is 5.91 Å². The van der Waals surface area contributed by atoms with Crippen molar-refractivity contribution in [2.24, 2.45) is 0 Å². The lowest BCUT2D eigenvalue weighted by molar-refractivity contribution is -0.120. The van der Waals surface area contributed by atoms with Crippen LogP contribution in [0.4, 0.5) is 0 Å². The molecule has 0 bridgehead atoms. The third kappa shape index (κ3) is 5.83. The molecule has 1 saturated carbocycles. The quantitative estimate of drug-likeness (QED) is 0.688. The summed E-state index contributed by atoms with van der Waals surface area (Å²) in [5, 5.41) is 6.17. The fourth-order valence-corrected chi connectivity index (χ4v) is 2.37. The van der Waals surface area contributed by atoms with E-state index in [1.165, 1.54) is 25.7 Å². The Bertz CT molecular complexity index is 239. The molecule has 18 heavy (non-hydrogen) atoms. The SMILES string of the molecule is CCC(C)NCC(=O)NCCN(C)C1CCCC1. The molecule has 1 aliphatic carbocycles. The number of hydrogen-bond donors (Lipinski definition) is 2. The van der Waals surface area contributed by atoms with Crippen LogP contribution in [0.3, 0.4) is 0 Å². The highest BCUT2D eigenvalue weighted by Crippen LogP contribution is 2.21. The molecule has 106 valence electrons. The first-order valence-electron chi connectivity index (χ1n) is 7.33. The predicted molar refractivity (Wildman–Crippen MR) is 75.7 cm³/mol. The normalized spacial score (nSPS) is 18.2. The fourth-order valence-electron chi connectivity index (χ4n) is 2.37. The minimum Gasteiger partial charge on any atom is -0.354 e. The summed E-state index contributed by atoms with van der Waals surface area (Å²) in [6.45, 7) is 6.36. The largest absolute Gasteiger partial charge is 0.354 e. The first kappa shape index (κ1) is 15.4. The van der Waals surface area contributed by atoms with Gasteiger partial charge in [0.05, 0.1) is 6.54 Å². The van der Waals surface area contributed by atoms with E-state index in [1.807, 2.05) is 0 Å². The molecular formula is C14H29N3O. The molecule has 1 aliphatic rings. The Morgan fingerprint density at radius 3 is 2.67 bits per heavy atom. The number of carbonyl (C=O) groups is 1. The zero-order valence-electron chi connectivity index (χ0n) is 12.2. The number of nitrogens with zero attached hydrogens (tertiary/aromatic N) is 1. The van der Waals surface area contributed by atoms with Crippen molar-refractivity contribution in [3.8, 4) is 0 Å². The van der Waals surface area contributed by atoms with Crippen molar-refractivity contribution >= 4 is 5.91 Å². The van der Waals surface area contributed by atoms with Gasteiger partial charge in [-0.25, -0.2) is 0 Å². The standard InChI is InChI=1S/C14H29N3O/c1-4-12(2)16-11-14(18)15-9-10-17(3)13-7-5-6-8-13/h12-13,16H,4-11H2,1-3H3,(H,15,18). The molecule has 0 radical (unpaired) electrons. The summed E-state index contributed by atoms with van der Waals surface area (Å²) in [5.74, 6) is 0.107. The number of nitrogens with one attached hydrogen (secondary N) is 2. The summed E-state index contributed by atoms with van der Waals surface area (Å²) in [6.07, 6.45) is 6.41. The molecule has 0 aromatic carbocycles. The van der Waals surface area contributed by atoms with E-state index in [1.54, 1.807) is 0 Å². The van der Waals surface area contributed by atoms with Crippen LogP contribution in [0.5, 0.6) is 0 Å². The van der Waals surface area contributed by atoms with Gasteiger partial charge in [0, 0.05) is 25.2 Å². The van der Waals surface area contributed by atoms with E-state index in [2.05, 4.69) is 36.4 Å². The van der Waals surface area contributed by atoms with E-state index in [9.17, 15) is 4.79 Å². The van der Waals surface area contributed by atoms with Crippen LogP contribution in [-0.4, -0.2) is 49.6 Å². The number of amides is 1. The second kappa shape index (κ2) is 8.48. The molecule has 2 N–H and O–H groups in total. The topological polar surface area (TPSA) is 44.4 Å². The lowest BCUT2D eigenvalue weighted by atomic mass is 10.2. The number of hydrogen-bond acceptors (Lipinski definition) is 3. The van der Waals surface area contributed by atoms with Crippen molar-refractivity contribution in [1.29, 1.82) is 0 Å². The molecule has 1 fully saturated rings. The lowest BCUT2D eigenvalue weighted by Gasteiger charge is -2.24. The number of carbonyl (C=O) groups excluding carboxylic acids is 1. The average Bonchev–Trinajstić information content (AvgIpc) is 2.89. The summed E-state index contributed by atoms with van der Waals surface area (Å²) in [5.41, 5.74) is 0. The van der Waals surface area contributed by atoms with Gasteiger partial charge < -0.3 is 15.5 Å². The molecule has 4 nitrogen and oxygen atoms in total. The zero-order chi connectivity index (χ0) is 13.4. The maximum absolute atomic E-state index is 11.6. The zero-order valence-corrected chi connectivity index (χ0v) is 12.2. The van der Waals surface area contributed by atoms with Gasteiger partial charge in [0.1, 0.15) is 0 Å². The van der Waals surface area contributed by atoms with Crippen LogP contribution in [0, 0.1) is 0 Å². The van der Waals surface area contributed by atoms with Crippen molar-refractivity contribution in [3.63, 3.8) is 0 Å². The van der Waals surface area contributed by atoms with Gasteiger partial charge in [-0.1, -0.05) is 19.8 Å². The van der Waals surface area contributed by atoms with Crippen LogP contribution in [0.25, 0.3) is 0 Å². The van der Waals surface area contributed by atoms with Gasteiger partial charge in [-0.2, -0.15) is 0 Å². The molecule has 1 rings (SSSR count). The molecule has 1 unspecified atom stereocenters. The van der Waals surface area contributed by atoms with Crippen LogP contribution >= 0.6 is 0 Å². The van der Waals surface area contributed by atoms with Crippen LogP contribution in [0.15, 0.2) is 0 Å². The second-order valence-corrected chi connectivity index (χ2v) is 5.46. The minimum atomic E-state index is 0.107. The molecule has 0 spiro atoms. The molecule has 1 atom stereocenters. The summed E-state index contributed by atoms with van der Waals surface area (Å²) in [6, 6.07) is 1.15. The van der Waals surface area contributed by atoms with Crippen LogP contribution in [-0.2, 0) is 4.79 Å².